The zero-order valence-electron chi connectivity index (χ0n) is 10.7. The number of nitrogens with one attached hydrogen (secondary N) is 1. The number of hydrogen-bond donors (Lipinski definition) is 1. The van der Waals surface area contributed by atoms with Gasteiger partial charge in [0.15, 0.2) is 9.84 Å². The van der Waals surface area contributed by atoms with Gasteiger partial charge in [-0.25, -0.2) is 8.42 Å². The van der Waals surface area contributed by atoms with Gasteiger partial charge >= 0.3 is 0 Å². The van der Waals surface area contributed by atoms with E-state index in [9.17, 15) is 8.42 Å². The molecule has 0 saturated heterocycles. The normalized spacial score (nSPS) is 11.7. The number of sulfone groups is 1. The van der Waals surface area contributed by atoms with Gasteiger partial charge in [-0.3, -0.25) is 5.43 Å². The Morgan fingerprint density at radius 1 is 1.15 bits per heavy atom. The van der Waals surface area contributed by atoms with Crippen LogP contribution in [0.4, 0.5) is 5.69 Å². The second-order valence-corrected chi connectivity index (χ2v) is 7.04. The minimum absolute atomic E-state index is 0.269. The van der Waals surface area contributed by atoms with Crippen LogP contribution in [0.2, 0.25) is 0 Å². The number of hydrazone groups is 1. The van der Waals surface area contributed by atoms with Crippen LogP contribution in [0.25, 0.3) is 0 Å². The Labute approximate surface area is 126 Å². The van der Waals surface area contributed by atoms with E-state index in [2.05, 4.69) is 26.5 Å². The van der Waals surface area contributed by atoms with Gasteiger partial charge in [-0.05, 0) is 45.8 Å². The molecule has 0 bridgehead atoms. The average Bonchev–Trinajstić information content (AvgIpc) is 2.38. The Morgan fingerprint density at radius 2 is 1.85 bits per heavy atom. The van der Waals surface area contributed by atoms with Gasteiger partial charge in [0.25, 0.3) is 0 Å². The molecular formula is C14H13BrN2O2S. The van der Waals surface area contributed by atoms with Gasteiger partial charge in [0.05, 0.1) is 16.8 Å². The molecule has 2 aromatic rings. The number of anilines is 1. The average molecular weight is 353 g/mol. The zero-order valence-corrected chi connectivity index (χ0v) is 13.1. The fourth-order valence-corrected chi connectivity index (χ4v) is 3.60. The molecule has 0 unspecified atom stereocenters. The maximum atomic E-state index is 11.5. The van der Waals surface area contributed by atoms with E-state index in [-0.39, 0.29) is 4.90 Å². The number of para-hydroxylation sites is 1. The van der Waals surface area contributed by atoms with Crippen molar-refractivity contribution in [2.24, 2.45) is 5.10 Å². The molecule has 2 rings (SSSR count). The van der Waals surface area contributed by atoms with Crippen LogP contribution in [0.1, 0.15) is 5.56 Å². The summed E-state index contributed by atoms with van der Waals surface area (Å²) in [5.41, 5.74) is 4.58. The fourth-order valence-electron chi connectivity index (χ4n) is 1.59. The lowest BCUT2D eigenvalue weighted by atomic mass is 10.2. The van der Waals surface area contributed by atoms with Gasteiger partial charge in [0.2, 0.25) is 0 Å². The van der Waals surface area contributed by atoms with Gasteiger partial charge in [-0.1, -0.05) is 24.3 Å². The Balaban J connectivity index is 2.13. The first kappa shape index (κ1) is 14.7. The van der Waals surface area contributed by atoms with E-state index in [0.717, 1.165) is 11.3 Å². The maximum Gasteiger partial charge on any atom is 0.176 e. The number of nitrogens with zero attached hydrogens (tertiary/aromatic N) is 1. The van der Waals surface area contributed by atoms with E-state index in [1.807, 2.05) is 30.3 Å². The van der Waals surface area contributed by atoms with E-state index >= 15 is 0 Å². The SMILES string of the molecule is CS(=O)(=O)c1ccc(C=NNc2ccccc2)cc1Br. The summed E-state index contributed by atoms with van der Waals surface area (Å²) in [6, 6.07) is 14.5. The fraction of sp³-hybridized carbons (Fsp3) is 0.0714. The van der Waals surface area contributed by atoms with Crippen molar-refractivity contribution in [1.29, 1.82) is 0 Å². The first-order valence-corrected chi connectivity index (χ1v) is 8.49. The Kier molecular flexibility index (Phi) is 4.57. The molecule has 2 aromatic carbocycles. The predicted molar refractivity (Wildman–Crippen MR) is 84.9 cm³/mol. The van der Waals surface area contributed by atoms with Crippen molar-refractivity contribution >= 4 is 37.7 Å². The summed E-state index contributed by atoms with van der Waals surface area (Å²) in [7, 11) is -3.22. The van der Waals surface area contributed by atoms with Gasteiger partial charge in [0, 0.05) is 10.7 Å². The molecule has 20 heavy (non-hydrogen) atoms. The molecule has 0 spiro atoms. The Bertz CT molecular complexity index is 728. The van der Waals surface area contributed by atoms with Crippen LogP contribution in [0.5, 0.6) is 0 Å². The van der Waals surface area contributed by atoms with Crippen molar-refractivity contribution in [3.8, 4) is 0 Å². The topological polar surface area (TPSA) is 58.5 Å². The highest BCUT2D eigenvalue weighted by atomic mass is 79.9. The van der Waals surface area contributed by atoms with Gasteiger partial charge in [-0.15, -0.1) is 0 Å². The highest BCUT2D eigenvalue weighted by Crippen LogP contribution is 2.22. The van der Waals surface area contributed by atoms with Crippen molar-refractivity contribution in [3.63, 3.8) is 0 Å². The lowest BCUT2D eigenvalue weighted by molar-refractivity contribution is 0.601. The van der Waals surface area contributed by atoms with Crippen LogP contribution >= 0.6 is 15.9 Å². The van der Waals surface area contributed by atoms with Crippen molar-refractivity contribution in [3.05, 3.63) is 58.6 Å². The minimum Gasteiger partial charge on any atom is -0.279 e. The summed E-state index contributed by atoms with van der Waals surface area (Å²) in [6.07, 6.45) is 2.81. The van der Waals surface area contributed by atoms with Crippen molar-refractivity contribution in [1.82, 2.24) is 0 Å². The summed E-state index contributed by atoms with van der Waals surface area (Å²) in [5, 5.41) is 4.10. The third-order valence-electron chi connectivity index (χ3n) is 2.54. The Morgan fingerprint density at radius 3 is 2.45 bits per heavy atom. The molecular weight excluding hydrogens is 340 g/mol. The molecule has 6 heteroatoms. The van der Waals surface area contributed by atoms with Crippen LogP contribution in [-0.4, -0.2) is 20.9 Å². The lowest BCUT2D eigenvalue weighted by Gasteiger charge is -2.03. The van der Waals surface area contributed by atoms with Crippen LogP contribution in [-0.2, 0) is 9.84 Å². The second-order valence-electron chi connectivity index (χ2n) is 4.20. The summed E-state index contributed by atoms with van der Waals surface area (Å²) in [6.45, 7) is 0. The summed E-state index contributed by atoms with van der Waals surface area (Å²) in [4.78, 5) is 0.269. The number of benzene rings is 2. The van der Waals surface area contributed by atoms with Crippen molar-refractivity contribution < 1.29 is 8.42 Å². The van der Waals surface area contributed by atoms with Crippen LogP contribution in [0, 0.1) is 0 Å². The second kappa shape index (κ2) is 6.19. The van der Waals surface area contributed by atoms with E-state index < -0.39 is 9.84 Å². The van der Waals surface area contributed by atoms with Crippen LogP contribution in [0.3, 0.4) is 0 Å². The molecule has 0 heterocycles. The largest absolute Gasteiger partial charge is 0.279 e. The predicted octanol–water partition coefficient (Wildman–Crippen LogP) is 3.30. The van der Waals surface area contributed by atoms with Crippen LogP contribution in [0.15, 0.2) is 63.0 Å². The third kappa shape index (κ3) is 3.91. The molecule has 0 saturated carbocycles. The van der Waals surface area contributed by atoms with Crippen molar-refractivity contribution in [2.75, 3.05) is 11.7 Å². The molecule has 0 amide bonds. The van der Waals surface area contributed by atoms with E-state index in [1.54, 1.807) is 24.4 Å². The molecule has 0 aliphatic rings. The third-order valence-corrected chi connectivity index (χ3v) is 4.61. The quantitative estimate of drug-likeness (QED) is 0.678. The van der Waals surface area contributed by atoms with Crippen molar-refractivity contribution in [2.45, 2.75) is 4.90 Å². The molecule has 0 aromatic heterocycles. The van der Waals surface area contributed by atoms with Gasteiger partial charge < -0.3 is 0 Å². The molecule has 104 valence electrons. The lowest BCUT2D eigenvalue weighted by Crippen LogP contribution is -1.99. The number of halogens is 1. The smallest absolute Gasteiger partial charge is 0.176 e. The summed E-state index contributed by atoms with van der Waals surface area (Å²) >= 11 is 3.26. The molecule has 0 fully saturated rings. The van der Waals surface area contributed by atoms with Gasteiger partial charge in [-0.2, -0.15) is 5.10 Å². The highest BCUT2D eigenvalue weighted by Gasteiger charge is 2.11. The standard InChI is InChI=1S/C14H13BrN2O2S/c1-20(18,19)14-8-7-11(9-13(14)15)10-16-17-12-5-3-2-4-6-12/h2-10,17H,1H3. The van der Waals surface area contributed by atoms with E-state index in [4.69, 9.17) is 0 Å². The monoisotopic (exact) mass is 352 g/mol. The Hall–Kier alpha value is -1.66. The number of rotatable bonds is 4. The van der Waals surface area contributed by atoms with Crippen LogP contribution < -0.4 is 5.43 Å². The van der Waals surface area contributed by atoms with E-state index in [1.165, 1.54) is 6.26 Å². The van der Waals surface area contributed by atoms with E-state index in [0.29, 0.717) is 4.47 Å². The van der Waals surface area contributed by atoms with Gasteiger partial charge in [0.1, 0.15) is 0 Å². The summed E-state index contributed by atoms with van der Waals surface area (Å²) < 4.78 is 23.5. The minimum atomic E-state index is -3.22. The molecule has 0 atom stereocenters. The molecule has 0 aliphatic carbocycles. The molecule has 1 N–H and O–H groups in total. The molecule has 0 aliphatic heterocycles. The highest BCUT2D eigenvalue weighted by molar-refractivity contribution is 9.10. The first-order valence-electron chi connectivity index (χ1n) is 5.80. The molecule has 4 nitrogen and oxygen atoms in total. The maximum absolute atomic E-state index is 11.5. The zero-order chi connectivity index (χ0) is 14.6. The first-order chi connectivity index (χ1) is 9.47. The number of hydrogen-bond acceptors (Lipinski definition) is 4. The summed E-state index contributed by atoms with van der Waals surface area (Å²) in [5.74, 6) is 0. The molecule has 0 radical (unpaired) electrons.